The SMILES string of the molecule is Oc1cc(F)cc(C(O)C(O)CCBr)c1. The molecule has 3 N–H and O–H groups in total. The molecule has 3 nitrogen and oxygen atoms in total. The van der Waals surface area contributed by atoms with Crippen molar-refractivity contribution in [2.24, 2.45) is 0 Å². The van der Waals surface area contributed by atoms with E-state index in [1.54, 1.807) is 0 Å². The van der Waals surface area contributed by atoms with Crippen LogP contribution in [0.2, 0.25) is 0 Å². The monoisotopic (exact) mass is 278 g/mol. The van der Waals surface area contributed by atoms with Gasteiger partial charge in [0.15, 0.2) is 0 Å². The zero-order valence-electron chi connectivity index (χ0n) is 7.90. The molecule has 1 rings (SSSR count). The number of hydrogen-bond acceptors (Lipinski definition) is 3. The molecule has 0 heterocycles. The fraction of sp³-hybridized carbons (Fsp3) is 0.400. The third-order valence-corrected chi connectivity index (χ3v) is 2.47. The van der Waals surface area contributed by atoms with Crippen molar-refractivity contribution in [3.63, 3.8) is 0 Å². The number of aromatic hydroxyl groups is 1. The summed E-state index contributed by atoms with van der Waals surface area (Å²) in [6.45, 7) is 0. The lowest BCUT2D eigenvalue weighted by atomic mass is 10.0. The van der Waals surface area contributed by atoms with Crippen LogP contribution in [0.1, 0.15) is 18.1 Å². The summed E-state index contributed by atoms with van der Waals surface area (Å²) in [6, 6.07) is 3.25. The molecule has 0 aliphatic rings. The molecule has 0 bridgehead atoms. The van der Waals surface area contributed by atoms with Crippen LogP contribution in [0.5, 0.6) is 5.75 Å². The van der Waals surface area contributed by atoms with Gasteiger partial charge in [-0.15, -0.1) is 0 Å². The van der Waals surface area contributed by atoms with Gasteiger partial charge in [-0.3, -0.25) is 0 Å². The van der Waals surface area contributed by atoms with E-state index in [-0.39, 0.29) is 11.3 Å². The first-order valence-electron chi connectivity index (χ1n) is 4.46. The van der Waals surface area contributed by atoms with Crippen molar-refractivity contribution in [2.45, 2.75) is 18.6 Å². The van der Waals surface area contributed by atoms with Gasteiger partial charge in [0, 0.05) is 11.4 Å². The number of aliphatic hydroxyl groups excluding tert-OH is 2. The summed E-state index contributed by atoms with van der Waals surface area (Å²) in [5.74, 6) is -0.912. The lowest BCUT2D eigenvalue weighted by Crippen LogP contribution is -2.18. The van der Waals surface area contributed by atoms with Crippen molar-refractivity contribution in [2.75, 3.05) is 5.33 Å². The van der Waals surface area contributed by atoms with Crippen LogP contribution in [0.25, 0.3) is 0 Å². The largest absolute Gasteiger partial charge is 0.508 e. The molecule has 0 saturated heterocycles. The summed E-state index contributed by atoms with van der Waals surface area (Å²) in [5.41, 5.74) is 0.168. The number of halogens is 2. The van der Waals surface area contributed by atoms with E-state index < -0.39 is 18.0 Å². The van der Waals surface area contributed by atoms with Gasteiger partial charge in [0.1, 0.15) is 17.7 Å². The lowest BCUT2D eigenvalue weighted by Gasteiger charge is -2.17. The molecule has 0 spiro atoms. The lowest BCUT2D eigenvalue weighted by molar-refractivity contribution is 0.0171. The molecule has 0 fully saturated rings. The quantitative estimate of drug-likeness (QED) is 0.735. The summed E-state index contributed by atoms with van der Waals surface area (Å²) in [7, 11) is 0. The van der Waals surface area contributed by atoms with Crippen molar-refractivity contribution in [1.82, 2.24) is 0 Å². The van der Waals surface area contributed by atoms with Gasteiger partial charge in [0.25, 0.3) is 0 Å². The maximum atomic E-state index is 12.9. The molecule has 0 amide bonds. The summed E-state index contributed by atoms with van der Waals surface area (Å²) >= 11 is 3.13. The second-order valence-corrected chi connectivity index (χ2v) is 4.03. The highest BCUT2D eigenvalue weighted by atomic mass is 79.9. The van der Waals surface area contributed by atoms with Crippen molar-refractivity contribution >= 4 is 15.9 Å². The number of hydrogen-bond donors (Lipinski definition) is 3. The number of alkyl halides is 1. The van der Waals surface area contributed by atoms with E-state index in [9.17, 15) is 14.6 Å². The third-order valence-electron chi connectivity index (χ3n) is 2.02. The molecule has 1 aromatic carbocycles. The highest BCUT2D eigenvalue weighted by molar-refractivity contribution is 9.09. The third kappa shape index (κ3) is 3.44. The average Bonchev–Trinajstić information content (AvgIpc) is 2.15. The zero-order chi connectivity index (χ0) is 11.4. The Morgan fingerprint density at radius 1 is 1.27 bits per heavy atom. The first kappa shape index (κ1) is 12.4. The second kappa shape index (κ2) is 5.44. The second-order valence-electron chi connectivity index (χ2n) is 3.23. The molecular formula is C10H12BrFO3. The molecule has 0 aliphatic heterocycles. The Hall–Kier alpha value is -0.650. The molecule has 1 aromatic rings. The van der Waals surface area contributed by atoms with Gasteiger partial charge in [-0.05, 0) is 24.1 Å². The minimum absolute atomic E-state index is 0.168. The molecule has 0 saturated carbocycles. The summed E-state index contributed by atoms with van der Waals surface area (Å²) in [5, 5.41) is 28.7. The van der Waals surface area contributed by atoms with Crippen molar-refractivity contribution in [1.29, 1.82) is 0 Å². The Balaban J connectivity index is 2.85. The normalized spacial score (nSPS) is 14.9. The van der Waals surface area contributed by atoms with Crippen molar-refractivity contribution in [3.05, 3.63) is 29.6 Å². The smallest absolute Gasteiger partial charge is 0.127 e. The van der Waals surface area contributed by atoms with Gasteiger partial charge in [0.05, 0.1) is 6.10 Å². The highest BCUT2D eigenvalue weighted by Crippen LogP contribution is 2.24. The first-order chi connectivity index (χ1) is 7.04. The summed E-state index contributed by atoms with van der Waals surface area (Å²) < 4.78 is 12.9. The Bertz CT molecular complexity index is 312. The fourth-order valence-corrected chi connectivity index (χ4v) is 1.73. The zero-order valence-corrected chi connectivity index (χ0v) is 9.48. The molecular weight excluding hydrogens is 267 g/mol. The van der Waals surface area contributed by atoms with Gasteiger partial charge >= 0.3 is 0 Å². The molecule has 2 atom stereocenters. The van der Waals surface area contributed by atoms with Crippen LogP contribution in [-0.4, -0.2) is 26.8 Å². The summed E-state index contributed by atoms with van der Waals surface area (Å²) in [6.07, 6.45) is -1.83. The van der Waals surface area contributed by atoms with E-state index in [0.717, 1.165) is 12.1 Å². The number of aliphatic hydroxyl groups is 2. The van der Waals surface area contributed by atoms with Crippen LogP contribution in [0.4, 0.5) is 4.39 Å². The van der Waals surface area contributed by atoms with Crippen LogP contribution in [0, 0.1) is 5.82 Å². The molecule has 84 valence electrons. The maximum Gasteiger partial charge on any atom is 0.127 e. The van der Waals surface area contributed by atoms with Crippen LogP contribution in [-0.2, 0) is 0 Å². The van der Waals surface area contributed by atoms with Gasteiger partial charge in [-0.1, -0.05) is 15.9 Å². The van der Waals surface area contributed by atoms with E-state index in [4.69, 9.17) is 5.11 Å². The van der Waals surface area contributed by atoms with Gasteiger partial charge in [-0.25, -0.2) is 4.39 Å². The van der Waals surface area contributed by atoms with Gasteiger partial charge < -0.3 is 15.3 Å². The van der Waals surface area contributed by atoms with E-state index in [1.165, 1.54) is 6.07 Å². The van der Waals surface area contributed by atoms with Crippen LogP contribution in [0.15, 0.2) is 18.2 Å². The predicted molar refractivity (Wildman–Crippen MR) is 57.4 cm³/mol. The van der Waals surface area contributed by atoms with Gasteiger partial charge in [-0.2, -0.15) is 0 Å². The maximum absolute atomic E-state index is 12.9. The number of rotatable bonds is 4. The topological polar surface area (TPSA) is 60.7 Å². The number of phenols is 1. The molecule has 2 unspecified atom stereocenters. The Morgan fingerprint density at radius 3 is 2.47 bits per heavy atom. The predicted octanol–water partition coefficient (Wildman–Crippen LogP) is 1.71. The number of benzene rings is 1. The van der Waals surface area contributed by atoms with E-state index in [2.05, 4.69) is 15.9 Å². The molecule has 0 radical (unpaired) electrons. The standard InChI is InChI=1S/C10H12BrFO3/c11-2-1-9(14)10(15)6-3-7(12)5-8(13)4-6/h3-5,9-10,13-15H,1-2H2. The van der Waals surface area contributed by atoms with Gasteiger partial charge in [0.2, 0.25) is 0 Å². The van der Waals surface area contributed by atoms with Crippen LogP contribution < -0.4 is 0 Å². The fourth-order valence-electron chi connectivity index (χ4n) is 1.26. The Kier molecular flexibility index (Phi) is 4.50. The van der Waals surface area contributed by atoms with Crippen LogP contribution in [0.3, 0.4) is 0 Å². The van der Waals surface area contributed by atoms with E-state index in [1.807, 2.05) is 0 Å². The molecule has 0 aliphatic carbocycles. The highest BCUT2D eigenvalue weighted by Gasteiger charge is 2.18. The Labute approximate surface area is 95.3 Å². The van der Waals surface area contributed by atoms with Crippen molar-refractivity contribution < 1.29 is 19.7 Å². The van der Waals surface area contributed by atoms with Crippen LogP contribution >= 0.6 is 15.9 Å². The average molecular weight is 279 g/mol. The summed E-state index contributed by atoms with van der Waals surface area (Å²) in [4.78, 5) is 0. The minimum atomic E-state index is -1.19. The molecule has 15 heavy (non-hydrogen) atoms. The minimum Gasteiger partial charge on any atom is -0.508 e. The number of phenolic OH excluding ortho intramolecular Hbond substituents is 1. The Morgan fingerprint density at radius 2 is 1.93 bits per heavy atom. The molecule has 0 aromatic heterocycles. The van der Waals surface area contributed by atoms with Crippen molar-refractivity contribution in [3.8, 4) is 5.75 Å². The van der Waals surface area contributed by atoms with E-state index in [0.29, 0.717) is 11.8 Å². The molecule has 5 heteroatoms. The van der Waals surface area contributed by atoms with E-state index >= 15 is 0 Å². The first-order valence-corrected chi connectivity index (χ1v) is 5.58.